The lowest BCUT2D eigenvalue weighted by molar-refractivity contribution is -0.0712. The molecule has 2 aliphatic carbocycles. The van der Waals surface area contributed by atoms with E-state index in [1.165, 1.54) is 6.21 Å². The number of rotatable bonds is 1. The van der Waals surface area contributed by atoms with Gasteiger partial charge in [0.25, 0.3) is 0 Å². The van der Waals surface area contributed by atoms with Crippen LogP contribution in [0.15, 0.2) is 4.99 Å². The average Bonchev–Trinajstić information content (AvgIpc) is 2.92. The SMILES string of the molecule is O=C(O)/N=C\C1C[C@@H](O)[C@H](O)[C@@]2(C[C@H]2O)C1Br. The lowest BCUT2D eigenvalue weighted by Crippen LogP contribution is -2.51. The first-order chi connectivity index (χ1) is 7.89. The molecule has 0 radical (unpaired) electrons. The Bertz CT molecular complexity index is 363. The average molecular weight is 308 g/mol. The second-order valence-corrected chi connectivity index (χ2v) is 5.69. The van der Waals surface area contributed by atoms with Gasteiger partial charge in [0.15, 0.2) is 0 Å². The molecule has 7 heteroatoms. The third-order valence-electron chi connectivity index (χ3n) is 3.70. The molecule has 2 rings (SSSR count). The van der Waals surface area contributed by atoms with Crippen LogP contribution in [0.4, 0.5) is 4.79 Å². The first kappa shape index (κ1) is 12.9. The first-order valence-corrected chi connectivity index (χ1v) is 6.26. The van der Waals surface area contributed by atoms with Gasteiger partial charge in [0.1, 0.15) is 0 Å². The minimum atomic E-state index is -1.30. The zero-order chi connectivity index (χ0) is 12.8. The molecule has 0 heterocycles. The Morgan fingerprint density at radius 2 is 2.00 bits per heavy atom. The van der Waals surface area contributed by atoms with Gasteiger partial charge in [-0.3, -0.25) is 0 Å². The zero-order valence-corrected chi connectivity index (χ0v) is 10.5. The predicted molar refractivity (Wildman–Crippen MR) is 62.4 cm³/mol. The molecule has 0 aliphatic heterocycles. The molecular weight excluding hydrogens is 294 g/mol. The number of hydrogen-bond acceptors (Lipinski definition) is 4. The standard InChI is InChI=1S/C10H14BrNO5/c11-7-4(3-12-9(16)17)1-5(13)8(15)10(7)2-6(10)14/h3-8,13-15H,1-2H2,(H,16,17)/b12-3-/t4?,5-,6-,7?,8+,10-/m1/s1. The van der Waals surface area contributed by atoms with Crippen LogP contribution < -0.4 is 0 Å². The predicted octanol–water partition coefficient (Wildman–Crippen LogP) is -0.00860. The van der Waals surface area contributed by atoms with Crippen LogP contribution in [0.5, 0.6) is 0 Å². The van der Waals surface area contributed by atoms with Crippen molar-refractivity contribution in [3.63, 3.8) is 0 Å². The highest BCUT2D eigenvalue weighted by molar-refractivity contribution is 9.09. The topological polar surface area (TPSA) is 110 Å². The maximum atomic E-state index is 10.4. The van der Waals surface area contributed by atoms with E-state index in [9.17, 15) is 20.1 Å². The summed E-state index contributed by atoms with van der Waals surface area (Å²) >= 11 is 3.38. The van der Waals surface area contributed by atoms with Gasteiger partial charge < -0.3 is 20.4 Å². The number of alkyl halides is 1. The highest BCUT2D eigenvalue weighted by Crippen LogP contribution is 2.60. The van der Waals surface area contributed by atoms with Crippen LogP contribution in [0.1, 0.15) is 12.8 Å². The van der Waals surface area contributed by atoms with Crippen molar-refractivity contribution in [2.75, 3.05) is 0 Å². The van der Waals surface area contributed by atoms with Crippen LogP contribution in [-0.4, -0.2) is 55.9 Å². The normalized spacial score (nSPS) is 49.8. The van der Waals surface area contributed by atoms with Crippen molar-refractivity contribution in [1.29, 1.82) is 0 Å². The summed E-state index contributed by atoms with van der Waals surface area (Å²) in [6.07, 6.45) is -2.04. The number of hydrogen-bond donors (Lipinski definition) is 4. The van der Waals surface area contributed by atoms with Crippen LogP contribution in [0.2, 0.25) is 0 Å². The fourth-order valence-electron chi connectivity index (χ4n) is 2.63. The van der Waals surface area contributed by atoms with Crippen molar-refractivity contribution < 1.29 is 25.2 Å². The van der Waals surface area contributed by atoms with Gasteiger partial charge in [0.2, 0.25) is 0 Å². The molecule has 0 aromatic carbocycles. The summed E-state index contributed by atoms with van der Waals surface area (Å²) < 4.78 is 0. The van der Waals surface area contributed by atoms with Crippen LogP contribution in [0.25, 0.3) is 0 Å². The molecule has 0 aromatic rings. The third kappa shape index (κ3) is 2.01. The summed E-state index contributed by atoms with van der Waals surface area (Å²) in [5.74, 6) is -0.318. The number of aliphatic hydroxyl groups excluding tert-OH is 3. The molecule has 2 aliphatic rings. The Labute approximate surface area is 106 Å². The van der Waals surface area contributed by atoms with Crippen LogP contribution >= 0.6 is 15.9 Å². The Kier molecular flexibility index (Phi) is 3.28. The molecule has 0 bridgehead atoms. The van der Waals surface area contributed by atoms with E-state index in [-0.39, 0.29) is 17.2 Å². The highest BCUT2D eigenvalue weighted by Gasteiger charge is 2.67. The Balaban J connectivity index is 2.18. The molecule has 4 N–H and O–H groups in total. The summed E-state index contributed by atoms with van der Waals surface area (Å²) in [6, 6.07) is 0. The summed E-state index contributed by atoms with van der Waals surface area (Å²) in [5, 5.41) is 37.7. The van der Waals surface area contributed by atoms with Crippen LogP contribution in [0.3, 0.4) is 0 Å². The summed E-state index contributed by atoms with van der Waals surface area (Å²) in [5.41, 5.74) is -0.771. The quantitative estimate of drug-likeness (QED) is 0.402. The molecule has 2 unspecified atom stereocenters. The van der Waals surface area contributed by atoms with Crippen LogP contribution in [-0.2, 0) is 0 Å². The van der Waals surface area contributed by atoms with E-state index < -0.39 is 29.8 Å². The van der Waals surface area contributed by atoms with Crippen molar-refractivity contribution in [3.8, 4) is 0 Å². The zero-order valence-electron chi connectivity index (χ0n) is 8.90. The molecule has 6 nitrogen and oxygen atoms in total. The van der Waals surface area contributed by atoms with Crippen molar-refractivity contribution >= 4 is 28.2 Å². The number of aliphatic imine (C=N–C) groups is 1. The van der Waals surface area contributed by atoms with E-state index >= 15 is 0 Å². The van der Waals surface area contributed by atoms with E-state index in [4.69, 9.17) is 5.11 Å². The molecular formula is C10H14BrNO5. The highest BCUT2D eigenvalue weighted by atomic mass is 79.9. The van der Waals surface area contributed by atoms with Gasteiger partial charge in [0, 0.05) is 22.4 Å². The lowest BCUT2D eigenvalue weighted by atomic mass is 9.75. The van der Waals surface area contributed by atoms with E-state index in [0.29, 0.717) is 6.42 Å². The second-order valence-electron chi connectivity index (χ2n) is 4.71. The minimum Gasteiger partial charge on any atom is -0.463 e. The minimum absolute atomic E-state index is 0.225. The first-order valence-electron chi connectivity index (χ1n) is 5.35. The number of carbonyl (C=O) groups is 1. The summed E-state index contributed by atoms with van der Waals surface area (Å²) in [7, 11) is 0. The van der Waals surface area contributed by atoms with E-state index in [1.54, 1.807) is 0 Å². The molecule has 0 saturated heterocycles. The molecule has 2 saturated carbocycles. The smallest absolute Gasteiger partial charge is 0.430 e. The van der Waals surface area contributed by atoms with E-state index in [0.717, 1.165) is 0 Å². The van der Waals surface area contributed by atoms with Crippen molar-refractivity contribution in [2.24, 2.45) is 16.3 Å². The van der Waals surface area contributed by atoms with E-state index in [2.05, 4.69) is 20.9 Å². The third-order valence-corrected chi connectivity index (χ3v) is 5.23. The molecule has 17 heavy (non-hydrogen) atoms. The number of halogens is 1. The van der Waals surface area contributed by atoms with Gasteiger partial charge in [-0.05, 0) is 12.8 Å². The fraction of sp³-hybridized carbons (Fsp3) is 0.800. The Morgan fingerprint density at radius 1 is 1.41 bits per heavy atom. The second kappa shape index (κ2) is 4.31. The van der Waals surface area contributed by atoms with Gasteiger partial charge >= 0.3 is 6.09 Å². The molecule has 1 spiro atoms. The molecule has 0 aromatic heterocycles. The van der Waals surface area contributed by atoms with Crippen molar-refractivity contribution in [3.05, 3.63) is 0 Å². The number of nitrogens with zero attached hydrogens (tertiary/aromatic N) is 1. The number of carboxylic acid groups (broad SMARTS) is 1. The van der Waals surface area contributed by atoms with Gasteiger partial charge in [-0.1, -0.05) is 15.9 Å². The van der Waals surface area contributed by atoms with Gasteiger partial charge in [0.05, 0.1) is 18.3 Å². The maximum Gasteiger partial charge on any atom is 0.430 e. The number of amides is 1. The fourth-order valence-corrected chi connectivity index (χ4v) is 3.75. The molecule has 6 atom stereocenters. The monoisotopic (exact) mass is 307 g/mol. The Morgan fingerprint density at radius 3 is 2.47 bits per heavy atom. The van der Waals surface area contributed by atoms with Crippen molar-refractivity contribution in [2.45, 2.75) is 36.0 Å². The van der Waals surface area contributed by atoms with E-state index in [1.807, 2.05) is 0 Å². The summed E-state index contributed by atoms with van der Waals surface area (Å²) in [6.45, 7) is 0. The van der Waals surface area contributed by atoms with Gasteiger partial charge in [-0.25, -0.2) is 4.79 Å². The maximum absolute atomic E-state index is 10.4. The molecule has 96 valence electrons. The molecule has 2 fully saturated rings. The largest absolute Gasteiger partial charge is 0.463 e. The summed E-state index contributed by atoms with van der Waals surface area (Å²) in [4.78, 5) is 13.3. The van der Waals surface area contributed by atoms with Gasteiger partial charge in [-0.15, -0.1) is 0 Å². The number of aliphatic hydroxyl groups is 3. The Hall–Kier alpha value is -0.500. The van der Waals surface area contributed by atoms with Crippen LogP contribution in [0, 0.1) is 11.3 Å². The van der Waals surface area contributed by atoms with Crippen molar-refractivity contribution in [1.82, 2.24) is 0 Å². The van der Waals surface area contributed by atoms with Gasteiger partial charge in [-0.2, -0.15) is 4.99 Å². The lowest BCUT2D eigenvalue weighted by Gasteiger charge is -2.40. The molecule has 1 amide bonds.